The molecule has 0 saturated carbocycles. The van der Waals surface area contributed by atoms with Gasteiger partial charge in [0.05, 0.1) is 18.9 Å². The zero-order valence-electron chi connectivity index (χ0n) is 15.0. The summed E-state index contributed by atoms with van der Waals surface area (Å²) in [4.78, 5) is 14.2. The van der Waals surface area contributed by atoms with Gasteiger partial charge in [0.1, 0.15) is 30.7 Å². The van der Waals surface area contributed by atoms with Gasteiger partial charge in [0.2, 0.25) is 0 Å². The van der Waals surface area contributed by atoms with Gasteiger partial charge >= 0.3 is 0 Å². The second-order valence-electron chi connectivity index (χ2n) is 6.86. The first-order chi connectivity index (χ1) is 12.7. The number of furan rings is 1. The van der Waals surface area contributed by atoms with Crippen LogP contribution in [0.4, 0.5) is 0 Å². The maximum Gasteiger partial charge on any atom is 0.298 e. The molecule has 0 aliphatic carbocycles. The minimum atomic E-state index is -0.174. The van der Waals surface area contributed by atoms with Crippen molar-refractivity contribution in [1.29, 1.82) is 0 Å². The number of carbonyl (C=O) groups excluding carboxylic acids is 1. The van der Waals surface area contributed by atoms with E-state index in [0.717, 1.165) is 35.9 Å². The lowest BCUT2D eigenvalue weighted by atomic mass is 10.0. The Kier molecular flexibility index (Phi) is 4.86. The number of nitrogens with one attached hydrogen (secondary N) is 1. The van der Waals surface area contributed by atoms with E-state index in [1.807, 2.05) is 49.4 Å². The molecule has 2 aliphatic rings. The molecule has 4 rings (SSSR count). The van der Waals surface area contributed by atoms with Gasteiger partial charge in [-0.2, -0.15) is 5.10 Å². The summed E-state index contributed by atoms with van der Waals surface area (Å²) in [5.74, 6) is 1.67. The summed E-state index contributed by atoms with van der Waals surface area (Å²) < 4.78 is 11.2. The molecule has 0 spiro atoms. The van der Waals surface area contributed by atoms with Gasteiger partial charge in [-0.25, -0.2) is 5.01 Å². The van der Waals surface area contributed by atoms with Crippen molar-refractivity contribution in [2.75, 3.05) is 32.8 Å². The molecular formula is C20H24N3O3+. The summed E-state index contributed by atoms with van der Waals surface area (Å²) in [5.41, 5.74) is 1.98. The Morgan fingerprint density at radius 1 is 1.19 bits per heavy atom. The summed E-state index contributed by atoms with van der Waals surface area (Å²) in [6, 6.07) is 13.7. The summed E-state index contributed by atoms with van der Waals surface area (Å²) in [7, 11) is 0. The number of rotatable bonds is 4. The normalized spacial score (nSPS) is 21.0. The molecule has 0 unspecified atom stereocenters. The van der Waals surface area contributed by atoms with E-state index in [1.54, 1.807) is 5.01 Å². The molecular weight excluding hydrogens is 330 g/mol. The average molecular weight is 354 g/mol. The third-order valence-corrected chi connectivity index (χ3v) is 4.96. The number of hydrogen-bond donors (Lipinski definition) is 1. The van der Waals surface area contributed by atoms with Crippen LogP contribution in [0, 0.1) is 6.92 Å². The molecule has 1 saturated heterocycles. The van der Waals surface area contributed by atoms with Gasteiger partial charge in [0, 0.05) is 6.42 Å². The molecule has 0 radical (unpaired) electrons. The van der Waals surface area contributed by atoms with E-state index in [2.05, 4.69) is 5.10 Å². The number of carbonyl (C=O) groups is 1. The Morgan fingerprint density at radius 3 is 2.65 bits per heavy atom. The van der Waals surface area contributed by atoms with Crippen LogP contribution in [0.1, 0.15) is 29.5 Å². The molecule has 0 bridgehead atoms. The van der Waals surface area contributed by atoms with Gasteiger partial charge in [-0.05, 0) is 24.6 Å². The quantitative estimate of drug-likeness (QED) is 0.897. The maximum absolute atomic E-state index is 13.0. The molecule has 1 atom stereocenters. The van der Waals surface area contributed by atoms with E-state index in [4.69, 9.17) is 9.15 Å². The number of hydrazone groups is 1. The summed E-state index contributed by atoms with van der Waals surface area (Å²) in [5, 5.41) is 6.31. The van der Waals surface area contributed by atoms with E-state index in [1.165, 1.54) is 4.90 Å². The lowest BCUT2D eigenvalue weighted by molar-refractivity contribution is -0.900. The lowest BCUT2D eigenvalue weighted by Gasteiger charge is -2.26. The standard InChI is InChI=1S/C20H23N3O3/c1-15-7-8-19(26-15)18-13-17(16-5-3-2-4-6-16)21-23(18)20(24)14-22-9-11-25-12-10-22/h2-8,18H,9-14H2,1H3/p+1/t18-/m1/s1. The van der Waals surface area contributed by atoms with Crippen LogP contribution in [-0.2, 0) is 9.53 Å². The van der Waals surface area contributed by atoms with Crippen molar-refractivity contribution in [1.82, 2.24) is 5.01 Å². The minimum Gasteiger partial charge on any atom is -0.464 e. The highest BCUT2D eigenvalue weighted by atomic mass is 16.5. The Morgan fingerprint density at radius 2 is 1.96 bits per heavy atom. The van der Waals surface area contributed by atoms with Gasteiger partial charge in [-0.3, -0.25) is 4.79 Å². The van der Waals surface area contributed by atoms with Gasteiger partial charge in [0.15, 0.2) is 6.54 Å². The van der Waals surface area contributed by atoms with Crippen LogP contribution in [-0.4, -0.2) is 49.5 Å². The predicted molar refractivity (Wildman–Crippen MR) is 97.0 cm³/mol. The molecule has 2 aliphatic heterocycles. The fourth-order valence-electron chi connectivity index (χ4n) is 3.53. The Bertz CT molecular complexity index is 794. The zero-order chi connectivity index (χ0) is 17.9. The largest absolute Gasteiger partial charge is 0.464 e. The van der Waals surface area contributed by atoms with Crippen molar-refractivity contribution in [2.24, 2.45) is 5.10 Å². The molecule has 136 valence electrons. The zero-order valence-corrected chi connectivity index (χ0v) is 15.0. The molecule has 6 nitrogen and oxygen atoms in total. The molecule has 26 heavy (non-hydrogen) atoms. The van der Waals surface area contributed by atoms with Crippen molar-refractivity contribution in [3.8, 4) is 0 Å². The third-order valence-electron chi connectivity index (χ3n) is 4.96. The van der Waals surface area contributed by atoms with Gasteiger partial charge in [-0.1, -0.05) is 30.3 Å². The number of quaternary nitrogens is 1. The Hall–Kier alpha value is -2.44. The van der Waals surface area contributed by atoms with Crippen LogP contribution in [0.3, 0.4) is 0 Å². The third kappa shape index (κ3) is 3.57. The first kappa shape index (κ1) is 17.0. The van der Waals surface area contributed by atoms with Gasteiger partial charge in [0.25, 0.3) is 5.91 Å². The number of amides is 1. The topological polar surface area (TPSA) is 59.5 Å². The predicted octanol–water partition coefficient (Wildman–Crippen LogP) is 1.18. The SMILES string of the molecule is Cc1ccc([C@H]2CC(c3ccccc3)=NN2C(=O)C[NH+]2CCOCC2)o1. The molecule has 6 heteroatoms. The molecule has 3 heterocycles. The fraction of sp³-hybridized carbons (Fsp3) is 0.400. The van der Waals surface area contributed by atoms with Crippen molar-refractivity contribution < 1.29 is 18.8 Å². The first-order valence-corrected chi connectivity index (χ1v) is 9.13. The van der Waals surface area contributed by atoms with E-state index in [9.17, 15) is 4.79 Å². The number of hydrogen-bond acceptors (Lipinski definition) is 4. The monoisotopic (exact) mass is 354 g/mol. The van der Waals surface area contributed by atoms with Crippen LogP contribution in [0.15, 0.2) is 52.0 Å². The highest BCUT2D eigenvalue weighted by molar-refractivity contribution is 6.03. The molecule has 1 N–H and O–H groups in total. The molecule has 1 aromatic carbocycles. The summed E-state index contributed by atoms with van der Waals surface area (Å²) in [6.45, 7) is 5.50. The smallest absolute Gasteiger partial charge is 0.298 e. The highest BCUT2D eigenvalue weighted by Crippen LogP contribution is 2.33. The fourth-order valence-corrected chi connectivity index (χ4v) is 3.53. The summed E-state index contributed by atoms with van der Waals surface area (Å²) >= 11 is 0. The van der Waals surface area contributed by atoms with E-state index in [-0.39, 0.29) is 11.9 Å². The van der Waals surface area contributed by atoms with Crippen molar-refractivity contribution in [3.05, 3.63) is 59.5 Å². The second-order valence-corrected chi connectivity index (χ2v) is 6.86. The Balaban J connectivity index is 1.58. The van der Waals surface area contributed by atoms with E-state index in [0.29, 0.717) is 26.2 Å². The maximum atomic E-state index is 13.0. The van der Waals surface area contributed by atoms with Crippen LogP contribution in [0.25, 0.3) is 0 Å². The molecule has 2 aromatic rings. The van der Waals surface area contributed by atoms with Crippen molar-refractivity contribution >= 4 is 11.6 Å². The summed E-state index contributed by atoms with van der Waals surface area (Å²) in [6.07, 6.45) is 0.668. The van der Waals surface area contributed by atoms with E-state index < -0.39 is 0 Å². The minimum absolute atomic E-state index is 0.0342. The lowest BCUT2D eigenvalue weighted by Crippen LogP contribution is -3.15. The van der Waals surface area contributed by atoms with Crippen LogP contribution in [0.5, 0.6) is 0 Å². The van der Waals surface area contributed by atoms with Crippen molar-refractivity contribution in [3.63, 3.8) is 0 Å². The average Bonchev–Trinajstić information content (AvgIpc) is 3.30. The van der Waals surface area contributed by atoms with Crippen LogP contribution in [0.2, 0.25) is 0 Å². The number of morpholine rings is 1. The van der Waals surface area contributed by atoms with Gasteiger partial charge in [-0.15, -0.1) is 0 Å². The van der Waals surface area contributed by atoms with Crippen LogP contribution >= 0.6 is 0 Å². The number of aryl methyl sites for hydroxylation is 1. The van der Waals surface area contributed by atoms with Crippen molar-refractivity contribution in [2.45, 2.75) is 19.4 Å². The van der Waals surface area contributed by atoms with Crippen LogP contribution < -0.4 is 4.90 Å². The Labute approximate surface area is 153 Å². The second kappa shape index (κ2) is 7.43. The van der Waals surface area contributed by atoms with E-state index >= 15 is 0 Å². The first-order valence-electron chi connectivity index (χ1n) is 9.13. The number of nitrogens with zero attached hydrogens (tertiary/aromatic N) is 2. The molecule has 1 fully saturated rings. The van der Waals surface area contributed by atoms with Gasteiger partial charge < -0.3 is 14.1 Å². The number of ether oxygens (including phenoxy) is 1. The highest BCUT2D eigenvalue weighted by Gasteiger charge is 2.36. The molecule has 1 aromatic heterocycles. The number of benzene rings is 1. The molecule has 1 amide bonds.